The number of nitrogens with one attached hydrogen (secondary N) is 1. The zero-order chi connectivity index (χ0) is 13.9. The lowest BCUT2D eigenvalue weighted by Crippen LogP contribution is -2.30. The van der Waals surface area contributed by atoms with E-state index in [1.807, 2.05) is 6.07 Å². The van der Waals surface area contributed by atoms with Crippen LogP contribution in [0.4, 0.5) is 0 Å². The molecule has 2 aromatic rings. The Bertz CT molecular complexity index is 640. The van der Waals surface area contributed by atoms with E-state index in [1.54, 1.807) is 30.3 Å². The van der Waals surface area contributed by atoms with Crippen molar-refractivity contribution in [3.63, 3.8) is 0 Å². The van der Waals surface area contributed by atoms with E-state index in [0.29, 0.717) is 0 Å². The Hall–Kier alpha value is -0.730. The van der Waals surface area contributed by atoms with Gasteiger partial charge < -0.3 is 5.11 Å². The smallest absolute Gasteiger partial charge is 0.250 e. The highest BCUT2D eigenvalue weighted by Crippen LogP contribution is 2.27. The number of rotatable bonds is 5. The van der Waals surface area contributed by atoms with Crippen LogP contribution < -0.4 is 4.72 Å². The largest absolute Gasteiger partial charge is 0.394 e. The summed E-state index contributed by atoms with van der Waals surface area (Å²) in [5.74, 6) is 0. The van der Waals surface area contributed by atoms with Gasteiger partial charge in [-0.1, -0.05) is 30.3 Å². The van der Waals surface area contributed by atoms with E-state index in [1.165, 1.54) is 6.07 Å². The van der Waals surface area contributed by atoms with Crippen LogP contribution in [0.25, 0.3) is 0 Å². The van der Waals surface area contributed by atoms with Crippen molar-refractivity contribution in [2.45, 2.75) is 10.3 Å². The van der Waals surface area contributed by atoms with Gasteiger partial charge in [-0.05, 0) is 33.6 Å². The summed E-state index contributed by atoms with van der Waals surface area (Å²) in [4.78, 5) is 0. The number of halogens is 1. The summed E-state index contributed by atoms with van der Waals surface area (Å²) in [7, 11) is -3.62. The quantitative estimate of drug-likeness (QED) is 0.859. The van der Waals surface area contributed by atoms with Gasteiger partial charge in [0.1, 0.15) is 4.21 Å². The SMILES string of the molecule is O=S(=O)(NC(CO)c1ccccc1)c1ccc(Br)s1. The second kappa shape index (κ2) is 6.15. The summed E-state index contributed by atoms with van der Waals surface area (Å²) in [6.45, 7) is -0.296. The van der Waals surface area contributed by atoms with Crippen molar-refractivity contribution in [3.05, 3.63) is 51.8 Å². The Morgan fingerprint density at radius 3 is 2.42 bits per heavy atom. The summed E-state index contributed by atoms with van der Waals surface area (Å²) < 4.78 is 27.8. The average Bonchev–Trinajstić information content (AvgIpc) is 2.85. The van der Waals surface area contributed by atoms with E-state index in [2.05, 4.69) is 20.7 Å². The molecule has 0 saturated carbocycles. The van der Waals surface area contributed by atoms with Gasteiger partial charge in [-0.25, -0.2) is 13.1 Å². The highest BCUT2D eigenvalue weighted by Gasteiger charge is 2.22. The monoisotopic (exact) mass is 361 g/mol. The van der Waals surface area contributed by atoms with Crippen molar-refractivity contribution in [3.8, 4) is 0 Å². The molecule has 0 amide bonds. The Morgan fingerprint density at radius 1 is 1.21 bits per heavy atom. The number of thiophene rings is 1. The predicted molar refractivity (Wildman–Crippen MR) is 78.6 cm³/mol. The number of aliphatic hydroxyl groups is 1. The molecule has 7 heteroatoms. The third-order valence-electron chi connectivity index (χ3n) is 2.50. The normalized spacial score (nSPS) is 13.4. The maximum atomic E-state index is 12.2. The lowest BCUT2D eigenvalue weighted by atomic mass is 10.1. The number of benzene rings is 1. The Labute approximate surface area is 124 Å². The molecule has 1 heterocycles. The lowest BCUT2D eigenvalue weighted by molar-refractivity contribution is 0.259. The zero-order valence-corrected chi connectivity index (χ0v) is 13.0. The highest BCUT2D eigenvalue weighted by molar-refractivity contribution is 9.11. The van der Waals surface area contributed by atoms with Crippen LogP contribution in [0, 0.1) is 0 Å². The first-order valence-corrected chi connectivity index (χ1v) is 8.55. The second-order valence-corrected chi connectivity index (χ2v) is 8.23. The molecule has 2 rings (SSSR count). The molecule has 0 fully saturated rings. The van der Waals surface area contributed by atoms with Crippen LogP contribution in [0.5, 0.6) is 0 Å². The topological polar surface area (TPSA) is 66.4 Å². The van der Waals surface area contributed by atoms with Crippen molar-refractivity contribution in [1.29, 1.82) is 0 Å². The summed E-state index contributed by atoms with van der Waals surface area (Å²) >= 11 is 4.36. The van der Waals surface area contributed by atoms with Crippen LogP contribution in [-0.2, 0) is 10.0 Å². The van der Waals surface area contributed by atoms with E-state index in [4.69, 9.17) is 0 Å². The molecular weight excluding hydrogens is 350 g/mol. The van der Waals surface area contributed by atoms with E-state index >= 15 is 0 Å². The fourth-order valence-electron chi connectivity index (χ4n) is 1.58. The molecule has 0 aliphatic heterocycles. The summed E-state index contributed by atoms with van der Waals surface area (Å²) in [6, 6.07) is 11.5. The van der Waals surface area contributed by atoms with Gasteiger partial charge in [-0.3, -0.25) is 0 Å². The molecule has 1 aromatic carbocycles. The molecule has 0 saturated heterocycles. The third-order valence-corrected chi connectivity index (χ3v) is 6.08. The van der Waals surface area contributed by atoms with Gasteiger partial charge in [0.05, 0.1) is 16.4 Å². The third kappa shape index (κ3) is 3.64. The lowest BCUT2D eigenvalue weighted by Gasteiger charge is -2.16. The first kappa shape index (κ1) is 14.7. The molecule has 0 spiro atoms. The van der Waals surface area contributed by atoms with Crippen LogP contribution in [-0.4, -0.2) is 20.1 Å². The Balaban J connectivity index is 2.23. The molecule has 1 aromatic heterocycles. The van der Waals surface area contributed by atoms with Crippen molar-refractivity contribution in [1.82, 2.24) is 4.72 Å². The van der Waals surface area contributed by atoms with Crippen LogP contribution in [0.2, 0.25) is 0 Å². The molecule has 102 valence electrons. The van der Waals surface area contributed by atoms with Crippen molar-refractivity contribution < 1.29 is 13.5 Å². The predicted octanol–water partition coefficient (Wildman–Crippen LogP) is 2.52. The van der Waals surface area contributed by atoms with Gasteiger partial charge >= 0.3 is 0 Å². The number of hydrogen-bond acceptors (Lipinski definition) is 4. The maximum absolute atomic E-state index is 12.2. The second-order valence-electron chi connectivity index (χ2n) is 3.83. The van der Waals surface area contributed by atoms with Crippen molar-refractivity contribution in [2.24, 2.45) is 0 Å². The molecule has 19 heavy (non-hydrogen) atoms. The van der Waals surface area contributed by atoms with Gasteiger partial charge in [0.25, 0.3) is 10.0 Å². The molecule has 0 aliphatic carbocycles. The fourth-order valence-corrected chi connectivity index (χ4v) is 4.83. The summed E-state index contributed by atoms with van der Waals surface area (Å²) in [5, 5.41) is 9.36. The van der Waals surface area contributed by atoms with Crippen molar-refractivity contribution in [2.75, 3.05) is 6.61 Å². The minimum atomic E-state index is -3.62. The molecule has 0 radical (unpaired) electrons. The molecule has 0 aliphatic rings. The number of sulfonamides is 1. The summed E-state index contributed by atoms with van der Waals surface area (Å²) in [6.07, 6.45) is 0. The minimum Gasteiger partial charge on any atom is -0.394 e. The molecule has 2 N–H and O–H groups in total. The minimum absolute atomic E-state index is 0.216. The summed E-state index contributed by atoms with van der Waals surface area (Å²) in [5.41, 5.74) is 0.726. The van der Waals surface area contributed by atoms with Crippen LogP contribution in [0.1, 0.15) is 11.6 Å². The van der Waals surface area contributed by atoms with Crippen LogP contribution >= 0.6 is 27.3 Å². The Morgan fingerprint density at radius 2 is 1.89 bits per heavy atom. The van der Waals surface area contributed by atoms with Gasteiger partial charge in [0, 0.05) is 0 Å². The zero-order valence-electron chi connectivity index (χ0n) is 9.78. The molecule has 1 atom stereocenters. The molecule has 1 unspecified atom stereocenters. The maximum Gasteiger partial charge on any atom is 0.250 e. The van der Waals surface area contributed by atoms with Crippen molar-refractivity contribution >= 4 is 37.3 Å². The van der Waals surface area contributed by atoms with Gasteiger partial charge in [-0.15, -0.1) is 11.3 Å². The van der Waals surface area contributed by atoms with E-state index < -0.39 is 16.1 Å². The number of aliphatic hydroxyl groups excluding tert-OH is 1. The van der Waals surface area contributed by atoms with Crippen LogP contribution in [0.3, 0.4) is 0 Å². The van der Waals surface area contributed by atoms with Gasteiger partial charge in [-0.2, -0.15) is 0 Å². The standard InChI is InChI=1S/C12H12BrNO3S2/c13-11-6-7-12(18-11)19(16,17)14-10(8-15)9-4-2-1-3-5-9/h1-7,10,14-15H,8H2. The highest BCUT2D eigenvalue weighted by atomic mass is 79.9. The van der Waals surface area contributed by atoms with Crippen LogP contribution in [0.15, 0.2) is 50.5 Å². The fraction of sp³-hybridized carbons (Fsp3) is 0.167. The van der Waals surface area contributed by atoms with Gasteiger partial charge in [0.2, 0.25) is 0 Å². The molecular formula is C12H12BrNO3S2. The average molecular weight is 362 g/mol. The van der Waals surface area contributed by atoms with E-state index in [9.17, 15) is 13.5 Å². The van der Waals surface area contributed by atoms with Gasteiger partial charge in [0.15, 0.2) is 0 Å². The number of hydrogen-bond donors (Lipinski definition) is 2. The first-order chi connectivity index (χ1) is 9.03. The molecule has 0 bridgehead atoms. The van der Waals surface area contributed by atoms with E-state index in [-0.39, 0.29) is 10.8 Å². The first-order valence-electron chi connectivity index (χ1n) is 5.46. The Kier molecular flexibility index (Phi) is 4.75. The molecule has 4 nitrogen and oxygen atoms in total. The van der Waals surface area contributed by atoms with E-state index in [0.717, 1.165) is 20.7 Å².